The molecule has 3 heteroatoms. The first-order chi connectivity index (χ1) is 7.52. The van der Waals surface area contributed by atoms with Crippen LogP contribution in [0.4, 0.5) is 0 Å². The topological polar surface area (TPSA) is 0 Å². The Morgan fingerprint density at radius 1 is 1.22 bits per heavy atom. The molecule has 0 N–H and O–H groups in total. The summed E-state index contributed by atoms with van der Waals surface area (Å²) in [7, 11) is 0. The Morgan fingerprint density at radius 2 is 1.83 bits per heavy atom. The van der Waals surface area contributed by atoms with E-state index in [-0.39, 0.29) is 24.8 Å². The molecule has 0 aliphatic heterocycles. The standard InChI is InChI=1S/2C7H9.CH2.2ClH.Zr/c1-6-3-4-7(2)5-6;1-6-4-3-5-7(6)2;;;;/h3-4,6H,1-2H3;4H,3H2,1-2H3;1H2;2*1H;/q;;;;;+2/p-2. The predicted molar refractivity (Wildman–Crippen MR) is 69.2 cm³/mol. The summed E-state index contributed by atoms with van der Waals surface area (Å²) in [6.07, 6.45) is 8.18. The predicted octanol–water partition coefficient (Wildman–Crippen LogP) is -1.85. The van der Waals surface area contributed by atoms with Gasteiger partial charge in [-0.3, -0.25) is 0 Å². The van der Waals surface area contributed by atoms with E-state index in [1.165, 1.54) is 17.6 Å². The van der Waals surface area contributed by atoms with Crippen LogP contribution in [0.25, 0.3) is 0 Å². The van der Waals surface area contributed by atoms with E-state index in [1.807, 2.05) is 0 Å². The van der Waals surface area contributed by atoms with Crippen molar-refractivity contribution >= 4 is 4.21 Å². The van der Waals surface area contributed by atoms with Crippen molar-refractivity contribution in [2.24, 2.45) is 5.92 Å². The Kier molecular flexibility index (Phi) is 7.29. The molecule has 18 heavy (non-hydrogen) atoms. The van der Waals surface area contributed by atoms with Gasteiger partial charge in [0.1, 0.15) is 0 Å². The van der Waals surface area contributed by atoms with Crippen LogP contribution in [0, 0.1) is 5.92 Å². The average molecular weight is 362 g/mol. The van der Waals surface area contributed by atoms with E-state index < -0.39 is 21.3 Å². The van der Waals surface area contributed by atoms with Crippen molar-refractivity contribution < 1.29 is 46.1 Å². The monoisotopic (exact) mass is 360 g/mol. The molecular weight excluding hydrogens is 342 g/mol. The van der Waals surface area contributed by atoms with Crippen LogP contribution in [0.15, 0.2) is 41.5 Å². The molecule has 1 unspecified atom stereocenters. The molecule has 2 rings (SSSR count). The largest absolute Gasteiger partial charge is 1.00 e. The molecule has 0 amide bonds. The van der Waals surface area contributed by atoms with Crippen LogP contribution in [0.2, 0.25) is 0 Å². The van der Waals surface area contributed by atoms with E-state index in [4.69, 9.17) is 0 Å². The third-order valence-electron chi connectivity index (χ3n) is 3.86. The third-order valence-corrected chi connectivity index (χ3v) is 10.8. The normalized spacial score (nSPS) is 21.3. The van der Waals surface area contributed by atoms with Crippen molar-refractivity contribution in [3.05, 3.63) is 41.5 Å². The average Bonchev–Trinajstić information content (AvgIpc) is 2.73. The maximum atomic E-state index is 4.60. The summed E-state index contributed by atoms with van der Waals surface area (Å²) in [5.74, 6) is 0.646. The molecule has 0 aromatic carbocycles. The van der Waals surface area contributed by atoms with Crippen molar-refractivity contribution in [1.82, 2.24) is 0 Å². The second-order valence-electron chi connectivity index (χ2n) is 4.92. The number of rotatable bonds is 2. The molecule has 0 nitrogen and oxygen atoms in total. The van der Waals surface area contributed by atoms with E-state index in [0.29, 0.717) is 5.92 Å². The Labute approximate surface area is 131 Å². The molecule has 1 atom stereocenters. The van der Waals surface area contributed by atoms with Gasteiger partial charge in [-0.25, -0.2) is 0 Å². The zero-order chi connectivity index (χ0) is 11.9. The molecule has 0 bridgehead atoms. The van der Waals surface area contributed by atoms with Gasteiger partial charge in [0.05, 0.1) is 0 Å². The van der Waals surface area contributed by atoms with Crippen LogP contribution in [0.3, 0.4) is 0 Å². The molecule has 2 aliphatic carbocycles. The Hall–Kier alpha value is 0.293. The number of hydrogen-bond donors (Lipinski definition) is 0. The first-order valence-corrected chi connectivity index (χ1v) is 10.2. The van der Waals surface area contributed by atoms with Crippen LogP contribution in [-0.2, 0) is 21.3 Å². The maximum absolute atomic E-state index is 4.60. The molecule has 2 aliphatic rings. The number of hydrogen-bond acceptors (Lipinski definition) is 0. The number of allylic oxidation sites excluding steroid dienone is 8. The zero-order valence-electron chi connectivity index (χ0n) is 11.5. The van der Waals surface area contributed by atoms with E-state index in [1.54, 1.807) is 12.1 Å². The smallest absolute Gasteiger partial charge is 1.00 e. The van der Waals surface area contributed by atoms with Gasteiger partial charge >= 0.3 is 107 Å². The van der Waals surface area contributed by atoms with E-state index in [0.717, 1.165) is 0 Å². The Morgan fingerprint density at radius 3 is 2.22 bits per heavy atom. The minimum atomic E-state index is -1.74. The van der Waals surface area contributed by atoms with Crippen LogP contribution >= 0.6 is 0 Å². The van der Waals surface area contributed by atoms with Crippen molar-refractivity contribution in [2.45, 2.75) is 34.1 Å². The van der Waals surface area contributed by atoms with Gasteiger partial charge in [-0.1, -0.05) is 0 Å². The zero-order valence-corrected chi connectivity index (χ0v) is 15.4. The van der Waals surface area contributed by atoms with Crippen LogP contribution in [0.1, 0.15) is 34.1 Å². The maximum Gasteiger partial charge on any atom is -1.00 e. The van der Waals surface area contributed by atoms with Gasteiger partial charge in [0.25, 0.3) is 0 Å². The molecule has 98 valence electrons. The van der Waals surface area contributed by atoms with Gasteiger partial charge in [-0.15, -0.1) is 0 Å². The second-order valence-corrected chi connectivity index (χ2v) is 10.1. The first-order valence-electron chi connectivity index (χ1n) is 5.98. The van der Waals surface area contributed by atoms with Gasteiger partial charge in [0.2, 0.25) is 0 Å². The first kappa shape index (κ1) is 18.3. The minimum Gasteiger partial charge on any atom is -1.00 e. The van der Waals surface area contributed by atoms with E-state index >= 15 is 0 Å². The Bertz CT molecular complexity index is 479. The molecule has 0 radical (unpaired) electrons. The van der Waals surface area contributed by atoms with Crippen molar-refractivity contribution in [2.75, 3.05) is 0 Å². The van der Waals surface area contributed by atoms with Gasteiger partial charge in [0.15, 0.2) is 0 Å². The minimum absolute atomic E-state index is 0. The third kappa shape index (κ3) is 3.24. The molecular formula is C15H20Cl2Zr. The van der Waals surface area contributed by atoms with E-state index in [9.17, 15) is 0 Å². The summed E-state index contributed by atoms with van der Waals surface area (Å²) >= 11 is -1.74. The fraction of sp³-hybridized carbons (Fsp3) is 0.400. The van der Waals surface area contributed by atoms with Crippen molar-refractivity contribution in [1.29, 1.82) is 0 Å². The van der Waals surface area contributed by atoms with Gasteiger partial charge < -0.3 is 24.8 Å². The second kappa shape index (κ2) is 7.18. The van der Waals surface area contributed by atoms with Gasteiger partial charge in [-0.05, 0) is 0 Å². The molecule has 0 aromatic heterocycles. The van der Waals surface area contributed by atoms with Crippen LogP contribution in [-0.4, -0.2) is 4.21 Å². The Balaban J connectivity index is 0.00000144. The summed E-state index contributed by atoms with van der Waals surface area (Å²) in [5.41, 5.74) is 4.53. The van der Waals surface area contributed by atoms with Gasteiger partial charge in [-0.2, -0.15) is 0 Å². The molecule has 0 heterocycles. The summed E-state index contributed by atoms with van der Waals surface area (Å²) < 4.78 is 8.02. The van der Waals surface area contributed by atoms with Crippen LogP contribution in [0.5, 0.6) is 0 Å². The molecule has 0 saturated carbocycles. The molecule has 0 fully saturated rings. The quantitative estimate of drug-likeness (QED) is 0.541. The molecule has 0 aromatic rings. The molecule has 0 saturated heterocycles. The summed E-state index contributed by atoms with van der Waals surface area (Å²) in [6.45, 7) is 9.09. The summed E-state index contributed by atoms with van der Waals surface area (Å²) in [5, 5.41) is 0. The van der Waals surface area contributed by atoms with Gasteiger partial charge in [0, 0.05) is 0 Å². The fourth-order valence-corrected chi connectivity index (χ4v) is 8.87. The van der Waals surface area contributed by atoms with E-state index in [2.05, 4.69) is 50.1 Å². The number of halogens is 2. The summed E-state index contributed by atoms with van der Waals surface area (Å²) in [4.78, 5) is 0. The van der Waals surface area contributed by atoms with Crippen LogP contribution < -0.4 is 24.8 Å². The van der Waals surface area contributed by atoms with Crippen molar-refractivity contribution in [3.63, 3.8) is 0 Å². The fourth-order valence-electron chi connectivity index (χ4n) is 2.66. The van der Waals surface area contributed by atoms with Crippen molar-refractivity contribution in [3.8, 4) is 0 Å². The molecule has 0 spiro atoms. The SMILES string of the molecule is [CH2]=[Zr+2]([C]1=C(C)C(C)=CC1)[C]1=C(C)C=CC1C.[Cl-].[Cl-]. The summed E-state index contributed by atoms with van der Waals surface area (Å²) in [6, 6.07) is 0.